The maximum Gasteiger partial charge on any atom is 0.414 e. The van der Waals surface area contributed by atoms with Gasteiger partial charge in [0.15, 0.2) is 11.5 Å². The smallest absolute Gasteiger partial charge is 0.414 e. The SMILES string of the molecule is COc1ccc(Cc2nccc3cc(OC)c(OC)cc23)cc1.O=C(O)C(=O)O. The summed E-state index contributed by atoms with van der Waals surface area (Å²) < 4.78 is 16.0. The summed E-state index contributed by atoms with van der Waals surface area (Å²) in [6.45, 7) is 0. The molecule has 1 aromatic heterocycles. The van der Waals surface area contributed by atoms with Crippen LogP contribution in [0.15, 0.2) is 48.7 Å². The van der Waals surface area contributed by atoms with Crippen molar-refractivity contribution in [1.82, 2.24) is 4.98 Å². The summed E-state index contributed by atoms with van der Waals surface area (Å²) in [5.74, 6) is -1.36. The first-order valence-corrected chi connectivity index (χ1v) is 8.48. The monoisotopic (exact) mass is 399 g/mol. The number of hydrogen-bond acceptors (Lipinski definition) is 6. The lowest BCUT2D eigenvalue weighted by atomic mass is 10.0. The average Bonchev–Trinajstić information content (AvgIpc) is 2.73. The van der Waals surface area contributed by atoms with E-state index < -0.39 is 11.9 Å². The molecule has 0 atom stereocenters. The molecule has 0 saturated heterocycles. The van der Waals surface area contributed by atoms with Crippen LogP contribution in [0.5, 0.6) is 17.2 Å². The zero-order chi connectivity index (χ0) is 21.4. The summed E-state index contributed by atoms with van der Waals surface area (Å²) in [6.07, 6.45) is 2.57. The van der Waals surface area contributed by atoms with Gasteiger partial charge in [0, 0.05) is 18.0 Å². The van der Waals surface area contributed by atoms with Gasteiger partial charge in [-0.25, -0.2) is 9.59 Å². The molecule has 0 aliphatic carbocycles. The van der Waals surface area contributed by atoms with Crippen molar-refractivity contribution in [2.24, 2.45) is 0 Å². The number of carboxylic acids is 2. The van der Waals surface area contributed by atoms with Gasteiger partial charge in [0.05, 0.1) is 27.0 Å². The number of aliphatic carboxylic acids is 2. The minimum atomic E-state index is -1.82. The highest BCUT2D eigenvalue weighted by atomic mass is 16.5. The van der Waals surface area contributed by atoms with Crippen molar-refractivity contribution in [2.75, 3.05) is 21.3 Å². The molecular formula is C21H21NO7. The van der Waals surface area contributed by atoms with Crippen LogP contribution >= 0.6 is 0 Å². The van der Waals surface area contributed by atoms with Crippen LogP contribution in [-0.2, 0) is 16.0 Å². The Labute approximate surface area is 167 Å². The highest BCUT2D eigenvalue weighted by Gasteiger charge is 2.10. The van der Waals surface area contributed by atoms with Crippen molar-refractivity contribution >= 4 is 22.7 Å². The Morgan fingerprint density at radius 2 is 1.45 bits per heavy atom. The Hall–Kier alpha value is -3.81. The Kier molecular flexibility index (Phi) is 7.36. The normalized spacial score (nSPS) is 9.90. The van der Waals surface area contributed by atoms with E-state index in [0.29, 0.717) is 5.75 Å². The molecule has 2 N–H and O–H groups in total. The minimum absolute atomic E-state index is 0.712. The van der Waals surface area contributed by atoms with Gasteiger partial charge in [-0.15, -0.1) is 0 Å². The number of carbonyl (C=O) groups is 2. The molecule has 0 fully saturated rings. The van der Waals surface area contributed by atoms with Gasteiger partial charge in [-0.1, -0.05) is 12.1 Å². The van der Waals surface area contributed by atoms with Crippen molar-refractivity contribution in [3.8, 4) is 17.2 Å². The molecule has 1 heterocycles. The summed E-state index contributed by atoms with van der Waals surface area (Å²) in [5.41, 5.74) is 2.19. The lowest BCUT2D eigenvalue weighted by Crippen LogP contribution is -2.09. The van der Waals surface area contributed by atoms with Gasteiger partial charge in [-0.05, 0) is 41.3 Å². The van der Waals surface area contributed by atoms with Crippen LogP contribution in [-0.4, -0.2) is 48.5 Å². The molecule has 2 aromatic carbocycles. The number of ether oxygens (including phenoxy) is 3. The fraction of sp³-hybridized carbons (Fsp3) is 0.190. The molecule has 3 rings (SSSR count). The summed E-state index contributed by atoms with van der Waals surface area (Å²) >= 11 is 0. The highest BCUT2D eigenvalue weighted by Crippen LogP contribution is 2.33. The highest BCUT2D eigenvalue weighted by molar-refractivity contribution is 6.27. The molecular weight excluding hydrogens is 378 g/mol. The van der Waals surface area contributed by atoms with Gasteiger partial charge in [-0.3, -0.25) is 4.98 Å². The Morgan fingerprint density at radius 1 is 0.862 bits per heavy atom. The third-order valence-electron chi connectivity index (χ3n) is 4.06. The van der Waals surface area contributed by atoms with Crippen LogP contribution in [0.2, 0.25) is 0 Å². The first kappa shape index (κ1) is 21.5. The molecule has 0 aliphatic rings. The van der Waals surface area contributed by atoms with Crippen molar-refractivity contribution in [2.45, 2.75) is 6.42 Å². The number of aromatic nitrogens is 1. The molecule has 3 aromatic rings. The fourth-order valence-corrected chi connectivity index (χ4v) is 2.64. The molecule has 152 valence electrons. The Morgan fingerprint density at radius 3 is 1.97 bits per heavy atom. The summed E-state index contributed by atoms with van der Waals surface area (Å²) in [7, 11) is 4.95. The number of rotatable bonds is 5. The standard InChI is InChI=1S/C19H19NO3.C2H2O4/c1-21-15-6-4-13(5-7-15)10-17-16-12-19(23-3)18(22-2)11-14(16)8-9-20-17;3-1(4)2(5)6/h4-9,11-12H,10H2,1-3H3;(H,3,4)(H,5,6). The maximum absolute atomic E-state index is 9.10. The predicted octanol–water partition coefficient (Wildman–Crippen LogP) is 3.01. The van der Waals surface area contributed by atoms with E-state index in [9.17, 15) is 0 Å². The maximum atomic E-state index is 9.10. The number of nitrogens with zero attached hydrogens (tertiary/aromatic N) is 1. The Balaban J connectivity index is 0.000000438. The summed E-state index contributed by atoms with van der Waals surface area (Å²) in [4.78, 5) is 22.7. The zero-order valence-electron chi connectivity index (χ0n) is 16.2. The molecule has 0 saturated carbocycles. The quantitative estimate of drug-likeness (QED) is 0.629. The first-order valence-electron chi connectivity index (χ1n) is 8.48. The topological polar surface area (TPSA) is 115 Å². The van der Waals surface area contributed by atoms with E-state index >= 15 is 0 Å². The van der Waals surface area contributed by atoms with Crippen LogP contribution in [0, 0.1) is 0 Å². The van der Waals surface area contributed by atoms with E-state index in [-0.39, 0.29) is 0 Å². The van der Waals surface area contributed by atoms with E-state index in [1.165, 1.54) is 5.56 Å². The van der Waals surface area contributed by atoms with Gasteiger partial charge >= 0.3 is 11.9 Å². The fourth-order valence-electron chi connectivity index (χ4n) is 2.64. The van der Waals surface area contributed by atoms with Crippen molar-refractivity contribution < 1.29 is 34.0 Å². The number of hydrogen-bond donors (Lipinski definition) is 2. The zero-order valence-corrected chi connectivity index (χ0v) is 16.2. The summed E-state index contributed by atoms with van der Waals surface area (Å²) in [5, 5.41) is 16.9. The lowest BCUT2D eigenvalue weighted by molar-refractivity contribution is -0.159. The number of carboxylic acid groups (broad SMARTS) is 2. The largest absolute Gasteiger partial charge is 0.497 e. The van der Waals surface area contributed by atoms with Crippen molar-refractivity contribution in [3.63, 3.8) is 0 Å². The molecule has 8 nitrogen and oxygen atoms in total. The third kappa shape index (κ3) is 5.58. The van der Waals surface area contributed by atoms with Gasteiger partial charge in [-0.2, -0.15) is 0 Å². The van der Waals surface area contributed by atoms with E-state index in [2.05, 4.69) is 17.1 Å². The number of benzene rings is 2. The molecule has 0 unspecified atom stereocenters. The predicted molar refractivity (Wildman–Crippen MR) is 106 cm³/mol. The summed E-state index contributed by atoms with van der Waals surface area (Å²) in [6, 6.07) is 14.0. The van der Waals surface area contributed by atoms with Gasteiger partial charge in [0.25, 0.3) is 0 Å². The average molecular weight is 399 g/mol. The van der Waals surface area contributed by atoms with Crippen molar-refractivity contribution in [1.29, 1.82) is 0 Å². The van der Waals surface area contributed by atoms with E-state index in [4.69, 9.17) is 34.0 Å². The van der Waals surface area contributed by atoms with Gasteiger partial charge in [0.1, 0.15) is 5.75 Å². The van der Waals surface area contributed by atoms with Gasteiger partial charge < -0.3 is 24.4 Å². The number of pyridine rings is 1. The first-order chi connectivity index (χ1) is 13.9. The van der Waals surface area contributed by atoms with Crippen LogP contribution in [0.4, 0.5) is 0 Å². The molecule has 0 radical (unpaired) electrons. The molecule has 29 heavy (non-hydrogen) atoms. The van der Waals surface area contributed by atoms with Crippen LogP contribution < -0.4 is 14.2 Å². The van der Waals surface area contributed by atoms with E-state index in [0.717, 1.165) is 34.4 Å². The molecule has 0 bridgehead atoms. The van der Waals surface area contributed by atoms with Crippen LogP contribution in [0.25, 0.3) is 10.8 Å². The number of fused-ring (bicyclic) bond motifs is 1. The minimum Gasteiger partial charge on any atom is -0.497 e. The van der Waals surface area contributed by atoms with E-state index in [1.54, 1.807) is 21.3 Å². The second kappa shape index (κ2) is 9.93. The molecule has 0 spiro atoms. The van der Waals surface area contributed by atoms with Crippen LogP contribution in [0.1, 0.15) is 11.3 Å². The second-order valence-electron chi connectivity index (χ2n) is 5.82. The van der Waals surface area contributed by atoms with Crippen LogP contribution in [0.3, 0.4) is 0 Å². The lowest BCUT2D eigenvalue weighted by Gasteiger charge is -2.11. The number of methoxy groups -OCH3 is 3. The second-order valence-corrected chi connectivity index (χ2v) is 5.82. The van der Waals surface area contributed by atoms with Crippen molar-refractivity contribution in [3.05, 3.63) is 59.9 Å². The van der Waals surface area contributed by atoms with E-state index in [1.807, 2.05) is 36.5 Å². The molecule has 8 heteroatoms. The molecule has 0 amide bonds. The van der Waals surface area contributed by atoms with Gasteiger partial charge in [0.2, 0.25) is 0 Å². The Bertz CT molecular complexity index is 988. The molecule has 0 aliphatic heterocycles. The third-order valence-corrected chi connectivity index (χ3v) is 4.06.